The first kappa shape index (κ1) is 16.7. The van der Waals surface area contributed by atoms with E-state index in [9.17, 15) is 0 Å². The third kappa shape index (κ3) is 6.58. The highest BCUT2D eigenvalue weighted by Crippen LogP contribution is 2.14. The summed E-state index contributed by atoms with van der Waals surface area (Å²) in [6.07, 6.45) is 3.21. The van der Waals surface area contributed by atoms with Gasteiger partial charge >= 0.3 is 0 Å². The van der Waals surface area contributed by atoms with Crippen molar-refractivity contribution in [1.29, 1.82) is 0 Å². The van der Waals surface area contributed by atoms with Crippen LogP contribution in [0.2, 0.25) is 0 Å². The zero-order valence-corrected chi connectivity index (χ0v) is 14.2. The van der Waals surface area contributed by atoms with Crippen molar-refractivity contribution in [3.63, 3.8) is 0 Å². The third-order valence-electron chi connectivity index (χ3n) is 3.12. The first-order valence-electron chi connectivity index (χ1n) is 6.48. The summed E-state index contributed by atoms with van der Waals surface area (Å²) in [5.74, 6) is 1.20. The lowest BCUT2D eigenvalue weighted by atomic mass is 10.0. The fourth-order valence-electron chi connectivity index (χ4n) is 1.98. The summed E-state index contributed by atoms with van der Waals surface area (Å²) < 4.78 is 5.32. The van der Waals surface area contributed by atoms with Crippen LogP contribution < -0.4 is 11.1 Å². The van der Waals surface area contributed by atoms with Crippen molar-refractivity contribution in [3.8, 4) is 0 Å². The van der Waals surface area contributed by atoms with Crippen LogP contribution in [0.5, 0.6) is 0 Å². The second-order valence-electron chi connectivity index (χ2n) is 4.54. The minimum Gasteiger partial charge on any atom is -0.381 e. The van der Waals surface area contributed by atoms with Gasteiger partial charge in [0.1, 0.15) is 0 Å². The van der Waals surface area contributed by atoms with Gasteiger partial charge in [-0.2, -0.15) is 0 Å². The molecule has 6 heteroatoms. The van der Waals surface area contributed by atoms with E-state index in [2.05, 4.69) is 27.8 Å². The van der Waals surface area contributed by atoms with Crippen LogP contribution in [-0.2, 0) is 11.2 Å². The van der Waals surface area contributed by atoms with Crippen molar-refractivity contribution in [3.05, 3.63) is 22.4 Å². The molecule has 0 unspecified atom stereocenters. The molecule has 3 N–H and O–H groups in total. The third-order valence-corrected chi connectivity index (χ3v) is 4.05. The number of nitrogens with two attached hydrogens (primary N) is 1. The van der Waals surface area contributed by atoms with Crippen LogP contribution in [-0.4, -0.2) is 32.3 Å². The summed E-state index contributed by atoms with van der Waals surface area (Å²) >= 11 is 1.78. The first-order chi connectivity index (χ1) is 8.84. The number of halogens is 1. The molecular formula is C13H22IN3OS. The van der Waals surface area contributed by atoms with Gasteiger partial charge in [-0.05, 0) is 36.6 Å². The summed E-state index contributed by atoms with van der Waals surface area (Å²) in [6, 6.07) is 4.21. The van der Waals surface area contributed by atoms with Gasteiger partial charge in [-0.15, -0.1) is 35.3 Å². The van der Waals surface area contributed by atoms with Crippen LogP contribution in [0.4, 0.5) is 0 Å². The molecule has 0 saturated carbocycles. The van der Waals surface area contributed by atoms with Crippen molar-refractivity contribution >= 4 is 41.3 Å². The molecule has 2 rings (SSSR count). The fourth-order valence-corrected chi connectivity index (χ4v) is 2.69. The number of thiophene rings is 1. The van der Waals surface area contributed by atoms with E-state index in [0.29, 0.717) is 11.9 Å². The highest BCUT2D eigenvalue weighted by Gasteiger charge is 2.12. The smallest absolute Gasteiger partial charge is 0.188 e. The number of guanidine groups is 1. The Morgan fingerprint density at radius 3 is 2.95 bits per heavy atom. The molecule has 1 saturated heterocycles. The monoisotopic (exact) mass is 395 g/mol. The molecular weight excluding hydrogens is 373 g/mol. The normalized spacial score (nSPS) is 16.9. The predicted molar refractivity (Wildman–Crippen MR) is 91.5 cm³/mol. The van der Waals surface area contributed by atoms with Crippen molar-refractivity contribution in [2.75, 3.05) is 26.3 Å². The highest BCUT2D eigenvalue weighted by molar-refractivity contribution is 14.0. The molecule has 108 valence electrons. The summed E-state index contributed by atoms with van der Waals surface area (Å²) in [5, 5.41) is 5.26. The van der Waals surface area contributed by atoms with Crippen molar-refractivity contribution in [2.24, 2.45) is 16.6 Å². The average molecular weight is 395 g/mol. The van der Waals surface area contributed by atoms with Crippen molar-refractivity contribution in [2.45, 2.75) is 19.3 Å². The summed E-state index contributed by atoms with van der Waals surface area (Å²) in [6.45, 7) is 3.41. The van der Waals surface area contributed by atoms with Gasteiger partial charge in [-0.25, -0.2) is 0 Å². The molecule has 0 radical (unpaired) electrons. The Balaban J connectivity index is 0.00000180. The summed E-state index contributed by atoms with van der Waals surface area (Å²) in [7, 11) is 0. The van der Waals surface area contributed by atoms with Gasteiger partial charge in [0.25, 0.3) is 0 Å². The zero-order chi connectivity index (χ0) is 12.6. The Morgan fingerprint density at radius 1 is 1.47 bits per heavy atom. The molecule has 1 aromatic rings. The van der Waals surface area contributed by atoms with Crippen molar-refractivity contribution < 1.29 is 4.74 Å². The second kappa shape index (κ2) is 9.55. The van der Waals surface area contributed by atoms with E-state index in [-0.39, 0.29) is 24.0 Å². The van der Waals surface area contributed by atoms with Crippen LogP contribution in [0.1, 0.15) is 17.7 Å². The minimum absolute atomic E-state index is 0. The largest absolute Gasteiger partial charge is 0.381 e. The number of nitrogens with one attached hydrogen (secondary N) is 1. The van der Waals surface area contributed by atoms with Gasteiger partial charge in [0.2, 0.25) is 0 Å². The van der Waals surface area contributed by atoms with E-state index < -0.39 is 0 Å². The number of ether oxygens (including phenoxy) is 1. The number of aliphatic imine (C=N–C) groups is 1. The Kier molecular flexibility index (Phi) is 8.40. The van der Waals surface area contributed by atoms with Gasteiger partial charge < -0.3 is 15.8 Å². The molecule has 0 atom stereocenters. The molecule has 1 aliphatic heterocycles. The van der Waals surface area contributed by atoms with E-state index >= 15 is 0 Å². The summed E-state index contributed by atoms with van der Waals surface area (Å²) in [4.78, 5) is 5.77. The number of hydrogen-bond acceptors (Lipinski definition) is 3. The first-order valence-corrected chi connectivity index (χ1v) is 7.36. The lowest BCUT2D eigenvalue weighted by molar-refractivity contribution is 0.0689. The SMILES string of the molecule is I.NC(=NCC1CCOCC1)NCCc1cccs1. The molecule has 0 aliphatic carbocycles. The molecule has 0 spiro atoms. The minimum atomic E-state index is 0. The van der Waals surface area contributed by atoms with E-state index in [1.807, 2.05) is 0 Å². The van der Waals surface area contributed by atoms with E-state index in [1.54, 1.807) is 11.3 Å². The van der Waals surface area contributed by atoms with Crippen LogP contribution in [0.3, 0.4) is 0 Å². The van der Waals surface area contributed by atoms with Crippen LogP contribution in [0, 0.1) is 5.92 Å². The van der Waals surface area contributed by atoms with Crippen molar-refractivity contribution in [1.82, 2.24) is 5.32 Å². The van der Waals surface area contributed by atoms with Gasteiger partial charge in [0.15, 0.2) is 5.96 Å². The van der Waals surface area contributed by atoms with Crippen LogP contribution in [0.15, 0.2) is 22.5 Å². The molecule has 0 bridgehead atoms. The molecule has 1 aromatic heterocycles. The molecule has 1 aliphatic rings. The van der Waals surface area contributed by atoms with Gasteiger partial charge in [-0.1, -0.05) is 6.07 Å². The fraction of sp³-hybridized carbons (Fsp3) is 0.615. The molecule has 4 nitrogen and oxygen atoms in total. The lowest BCUT2D eigenvalue weighted by Gasteiger charge is -2.20. The molecule has 2 heterocycles. The maximum absolute atomic E-state index is 5.84. The molecule has 1 fully saturated rings. The zero-order valence-electron chi connectivity index (χ0n) is 11.0. The standard InChI is InChI=1S/C13H21N3OS.HI/c14-13(15-6-3-12-2-1-9-18-12)16-10-11-4-7-17-8-5-11;/h1-2,9,11H,3-8,10H2,(H3,14,15,16);1H. The topological polar surface area (TPSA) is 59.6 Å². The Labute approximate surface area is 135 Å². The Hall–Kier alpha value is -0.340. The lowest BCUT2D eigenvalue weighted by Crippen LogP contribution is -2.34. The number of hydrogen-bond donors (Lipinski definition) is 2. The second-order valence-corrected chi connectivity index (χ2v) is 5.57. The Morgan fingerprint density at radius 2 is 2.26 bits per heavy atom. The number of rotatable bonds is 5. The van der Waals surface area contributed by atoms with Crippen LogP contribution >= 0.6 is 35.3 Å². The van der Waals surface area contributed by atoms with Gasteiger partial charge in [-0.3, -0.25) is 4.99 Å². The Bertz CT molecular complexity index is 364. The van der Waals surface area contributed by atoms with E-state index in [1.165, 1.54) is 4.88 Å². The van der Waals surface area contributed by atoms with Gasteiger partial charge in [0.05, 0.1) is 0 Å². The van der Waals surface area contributed by atoms with Gasteiger partial charge in [0, 0.05) is 31.2 Å². The van der Waals surface area contributed by atoms with E-state index in [4.69, 9.17) is 10.5 Å². The molecule has 0 aromatic carbocycles. The average Bonchev–Trinajstić information content (AvgIpc) is 2.91. The maximum atomic E-state index is 5.84. The van der Waals surface area contributed by atoms with Crippen LogP contribution in [0.25, 0.3) is 0 Å². The molecule has 19 heavy (non-hydrogen) atoms. The summed E-state index contributed by atoms with van der Waals surface area (Å²) in [5.41, 5.74) is 5.84. The predicted octanol–water partition coefficient (Wildman–Crippen LogP) is 2.24. The maximum Gasteiger partial charge on any atom is 0.188 e. The quantitative estimate of drug-likeness (QED) is 0.457. The molecule has 0 amide bonds. The highest BCUT2D eigenvalue weighted by atomic mass is 127. The van der Waals surface area contributed by atoms with E-state index in [0.717, 1.165) is 45.6 Å². The number of nitrogens with zero attached hydrogens (tertiary/aromatic N) is 1.